The summed E-state index contributed by atoms with van der Waals surface area (Å²) in [4.78, 5) is 19.8. The van der Waals surface area contributed by atoms with E-state index in [1.54, 1.807) is 19.3 Å². The number of Topliss-reactive ketones (excluding diaryl/α,β-unsaturated/α-hetero) is 1. The van der Waals surface area contributed by atoms with Gasteiger partial charge in [-0.3, -0.25) is 9.78 Å². The monoisotopic (exact) mass is 217 g/mol. The first kappa shape index (κ1) is 10.8. The first-order valence-corrected chi connectivity index (χ1v) is 5.40. The van der Waals surface area contributed by atoms with E-state index in [0.29, 0.717) is 6.42 Å². The zero-order valence-electron chi connectivity index (χ0n) is 9.77. The van der Waals surface area contributed by atoms with Gasteiger partial charge in [0.05, 0.1) is 23.7 Å². The number of hydrogen-bond donors (Lipinski definition) is 0. The highest BCUT2D eigenvalue weighted by Crippen LogP contribution is 2.20. The van der Waals surface area contributed by atoms with Crippen LogP contribution in [0.3, 0.4) is 0 Å². The van der Waals surface area contributed by atoms with Crippen LogP contribution in [0.15, 0.2) is 18.5 Å². The number of carbonyl (C=O) groups excluding carboxylic acids is 1. The number of ketones is 1. The number of fused-ring (bicyclic) bond motifs is 1. The van der Waals surface area contributed by atoms with Crippen molar-refractivity contribution < 1.29 is 4.79 Å². The van der Waals surface area contributed by atoms with Gasteiger partial charge in [0.25, 0.3) is 0 Å². The van der Waals surface area contributed by atoms with E-state index in [0.717, 1.165) is 16.9 Å². The molecule has 2 aromatic heterocycles. The summed E-state index contributed by atoms with van der Waals surface area (Å²) in [7, 11) is 0. The van der Waals surface area contributed by atoms with E-state index in [1.807, 2.05) is 6.07 Å². The lowest BCUT2D eigenvalue weighted by Gasteiger charge is -2.11. The van der Waals surface area contributed by atoms with E-state index >= 15 is 0 Å². The minimum atomic E-state index is 0.130. The summed E-state index contributed by atoms with van der Waals surface area (Å²) < 4.78 is 2.07. The zero-order valence-corrected chi connectivity index (χ0v) is 9.77. The maximum atomic E-state index is 11.2. The fourth-order valence-electron chi connectivity index (χ4n) is 1.91. The van der Waals surface area contributed by atoms with Crippen LogP contribution in [-0.4, -0.2) is 20.3 Å². The summed E-state index contributed by atoms with van der Waals surface area (Å²) in [6.07, 6.45) is 3.90. The Morgan fingerprint density at radius 2 is 2.25 bits per heavy atom. The van der Waals surface area contributed by atoms with Crippen molar-refractivity contribution in [1.29, 1.82) is 0 Å². The molecule has 2 aromatic rings. The van der Waals surface area contributed by atoms with E-state index in [4.69, 9.17) is 0 Å². The first-order chi connectivity index (χ1) is 7.59. The second kappa shape index (κ2) is 4.04. The van der Waals surface area contributed by atoms with Gasteiger partial charge in [0.2, 0.25) is 0 Å². The van der Waals surface area contributed by atoms with Crippen LogP contribution < -0.4 is 0 Å². The van der Waals surface area contributed by atoms with Gasteiger partial charge in [0, 0.05) is 12.2 Å². The van der Waals surface area contributed by atoms with Gasteiger partial charge < -0.3 is 4.57 Å². The van der Waals surface area contributed by atoms with Crippen LogP contribution in [0.4, 0.5) is 0 Å². The molecule has 0 aliphatic heterocycles. The number of imidazole rings is 1. The topological polar surface area (TPSA) is 47.8 Å². The highest BCUT2D eigenvalue weighted by molar-refractivity contribution is 5.80. The molecule has 0 aliphatic carbocycles. The van der Waals surface area contributed by atoms with Crippen molar-refractivity contribution in [2.45, 2.75) is 33.2 Å². The van der Waals surface area contributed by atoms with E-state index in [2.05, 4.69) is 28.4 Å². The predicted molar refractivity (Wildman–Crippen MR) is 62.3 cm³/mol. The number of aromatic nitrogens is 3. The van der Waals surface area contributed by atoms with Crippen LogP contribution in [-0.2, 0) is 11.2 Å². The third kappa shape index (κ3) is 1.83. The number of rotatable bonds is 3. The van der Waals surface area contributed by atoms with Gasteiger partial charge in [-0.25, -0.2) is 4.98 Å². The molecule has 0 atom stereocenters. The Morgan fingerprint density at radius 1 is 1.50 bits per heavy atom. The molecule has 0 N–H and O–H groups in total. The Hall–Kier alpha value is -1.71. The lowest BCUT2D eigenvalue weighted by Crippen LogP contribution is -2.09. The molecule has 16 heavy (non-hydrogen) atoms. The third-order valence-electron chi connectivity index (χ3n) is 2.49. The fraction of sp³-hybridized carbons (Fsp3) is 0.417. The summed E-state index contributed by atoms with van der Waals surface area (Å²) in [6.45, 7) is 5.75. The summed E-state index contributed by atoms with van der Waals surface area (Å²) in [5.41, 5.74) is 1.90. The molecule has 0 bridgehead atoms. The van der Waals surface area contributed by atoms with E-state index < -0.39 is 0 Å². The fourth-order valence-corrected chi connectivity index (χ4v) is 1.91. The van der Waals surface area contributed by atoms with E-state index in [-0.39, 0.29) is 11.8 Å². The van der Waals surface area contributed by atoms with Gasteiger partial charge in [-0.2, -0.15) is 0 Å². The molecule has 4 heteroatoms. The van der Waals surface area contributed by atoms with Gasteiger partial charge in [-0.05, 0) is 26.8 Å². The van der Waals surface area contributed by atoms with Crippen molar-refractivity contribution in [3.63, 3.8) is 0 Å². The molecule has 2 heterocycles. The van der Waals surface area contributed by atoms with Gasteiger partial charge in [-0.15, -0.1) is 0 Å². The molecular formula is C12H15N3O. The van der Waals surface area contributed by atoms with Gasteiger partial charge >= 0.3 is 0 Å². The van der Waals surface area contributed by atoms with Crippen LogP contribution in [0, 0.1) is 0 Å². The molecule has 84 valence electrons. The molecule has 0 aromatic carbocycles. The maximum absolute atomic E-state index is 11.2. The van der Waals surface area contributed by atoms with Crippen LogP contribution >= 0.6 is 0 Å². The summed E-state index contributed by atoms with van der Waals surface area (Å²) in [5, 5.41) is 0. The predicted octanol–water partition coefficient (Wildman–Crippen LogP) is 2.14. The minimum absolute atomic E-state index is 0.130. The van der Waals surface area contributed by atoms with Crippen molar-refractivity contribution >= 4 is 16.8 Å². The Kier molecular flexibility index (Phi) is 2.73. The largest absolute Gasteiger partial charge is 0.324 e. The molecule has 0 saturated heterocycles. The van der Waals surface area contributed by atoms with Crippen molar-refractivity contribution in [1.82, 2.24) is 14.5 Å². The normalized spacial score (nSPS) is 11.2. The SMILES string of the molecule is CC(=O)Cc1nc2ccncc2n1C(C)C. The Bertz CT molecular complexity index is 528. The third-order valence-corrected chi connectivity index (χ3v) is 2.49. The number of nitrogens with zero attached hydrogens (tertiary/aromatic N) is 3. The molecule has 0 unspecified atom stereocenters. The van der Waals surface area contributed by atoms with Crippen LogP contribution in [0.1, 0.15) is 32.6 Å². The Balaban J connectivity index is 2.63. The van der Waals surface area contributed by atoms with Crippen molar-refractivity contribution in [3.05, 3.63) is 24.3 Å². The molecule has 0 spiro atoms. The van der Waals surface area contributed by atoms with Crippen molar-refractivity contribution in [2.75, 3.05) is 0 Å². The second-order valence-corrected chi connectivity index (χ2v) is 4.23. The van der Waals surface area contributed by atoms with E-state index in [1.165, 1.54) is 0 Å². The number of pyridine rings is 1. The Labute approximate surface area is 94.3 Å². The van der Waals surface area contributed by atoms with E-state index in [9.17, 15) is 4.79 Å². The smallest absolute Gasteiger partial charge is 0.137 e. The Morgan fingerprint density at radius 3 is 2.88 bits per heavy atom. The molecule has 4 nitrogen and oxygen atoms in total. The van der Waals surface area contributed by atoms with Gasteiger partial charge in [0.15, 0.2) is 0 Å². The zero-order chi connectivity index (χ0) is 11.7. The molecule has 0 fully saturated rings. The van der Waals surface area contributed by atoms with Crippen LogP contribution in [0.5, 0.6) is 0 Å². The van der Waals surface area contributed by atoms with Crippen LogP contribution in [0.25, 0.3) is 11.0 Å². The van der Waals surface area contributed by atoms with Crippen molar-refractivity contribution in [2.24, 2.45) is 0 Å². The lowest BCUT2D eigenvalue weighted by molar-refractivity contribution is -0.116. The van der Waals surface area contributed by atoms with Crippen LogP contribution in [0.2, 0.25) is 0 Å². The lowest BCUT2D eigenvalue weighted by atomic mass is 10.3. The van der Waals surface area contributed by atoms with Gasteiger partial charge in [0.1, 0.15) is 11.6 Å². The van der Waals surface area contributed by atoms with Gasteiger partial charge in [-0.1, -0.05) is 0 Å². The first-order valence-electron chi connectivity index (χ1n) is 5.40. The van der Waals surface area contributed by atoms with Crippen molar-refractivity contribution in [3.8, 4) is 0 Å². The average molecular weight is 217 g/mol. The molecule has 2 rings (SSSR count). The molecule has 0 amide bonds. The standard InChI is InChI=1S/C12H15N3O/c1-8(2)15-11-7-13-5-4-10(11)14-12(15)6-9(3)16/h4-5,7-8H,6H2,1-3H3. The quantitative estimate of drug-likeness (QED) is 0.791. The second-order valence-electron chi connectivity index (χ2n) is 4.23. The number of hydrogen-bond acceptors (Lipinski definition) is 3. The highest BCUT2D eigenvalue weighted by atomic mass is 16.1. The summed E-state index contributed by atoms with van der Waals surface area (Å²) >= 11 is 0. The maximum Gasteiger partial charge on any atom is 0.137 e. The number of carbonyl (C=O) groups is 1. The average Bonchev–Trinajstić information content (AvgIpc) is 2.53. The molecule has 0 radical (unpaired) electrons. The minimum Gasteiger partial charge on any atom is -0.324 e. The molecule has 0 aliphatic rings. The molecular weight excluding hydrogens is 202 g/mol. The highest BCUT2D eigenvalue weighted by Gasteiger charge is 2.14. The molecule has 0 saturated carbocycles. The summed E-state index contributed by atoms with van der Waals surface area (Å²) in [5.74, 6) is 0.954. The summed E-state index contributed by atoms with van der Waals surface area (Å²) in [6, 6.07) is 2.15.